The molecular formula is C36H15F9. The van der Waals surface area contributed by atoms with Gasteiger partial charge in [0.1, 0.15) is 34.9 Å². The summed E-state index contributed by atoms with van der Waals surface area (Å²) in [6.07, 6.45) is -4.97. The van der Waals surface area contributed by atoms with E-state index >= 15 is 8.78 Å². The highest BCUT2D eigenvalue weighted by Crippen LogP contribution is 2.32. The van der Waals surface area contributed by atoms with Crippen LogP contribution in [0, 0.1) is 77.3 Å². The molecule has 0 nitrogen and oxygen atoms in total. The van der Waals surface area contributed by atoms with Crippen LogP contribution in [0.5, 0.6) is 0 Å². The van der Waals surface area contributed by atoms with Gasteiger partial charge in [0.05, 0.1) is 22.3 Å². The van der Waals surface area contributed by atoms with Crippen LogP contribution < -0.4 is 0 Å². The van der Waals surface area contributed by atoms with Crippen molar-refractivity contribution >= 4 is 10.8 Å². The zero-order valence-electron chi connectivity index (χ0n) is 22.8. The molecule has 0 aliphatic rings. The van der Waals surface area contributed by atoms with E-state index in [1.807, 2.05) is 0 Å². The van der Waals surface area contributed by atoms with Gasteiger partial charge in [-0.25, -0.2) is 26.3 Å². The molecule has 5 aromatic rings. The molecule has 0 aliphatic carbocycles. The number of halogens is 9. The molecule has 0 heterocycles. The normalized spacial score (nSPS) is 10.8. The highest BCUT2D eigenvalue weighted by Gasteiger charge is 2.24. The molecular weight excluding hydrogens is 603 g/mol. The Morgan fingerprint density at radius 2 is 1.13 bits per heavy atom. The van der Waals surface area contributed by atoms with Gasteiger partial charge in [0.2, 0.25) is 0 Å². The van der Waals surface area contributed by atoms with Crippen LogP contribution in [0.1, 0.15) is 33.4 Å². The lowest BCUT2D eigenvalue weighted by Crippen LogP contribution is -2.02. The maximum atomic E-state index is 15.1. The molecule has 0 bridgehead atoms. The Labute approximate surface area is 251 Å². The van der Waals surface area contributed by atoms with Crippen LogP contribution in [-0.4, -0.2) is 6.18 Å². The van der Waals surface area contributed by atoms with Crippen LogP contribution in [0.15, 0.2) is 72.8 Å². The maximum absolute atomic E-state index is 15.1. The van der Waals surface area contributed by atoms with E-state index in [-0.39, 0.29) is 38.6 Å². The highest BCUT2D eigenvalue weighted by molar-refractivity contribution is 5.89. The standard InChI is InChI=1S/C36H15F9/c1-20-2-6-23(29(37)14-20)7-3-21-4-8-24(30(38)15-21)9-5-22-16-32(40)34(33(41)17-22)25-10-11-27-26(18-25)19-31(39)28(35(27)42)12-13-36(43,44)45/h2,4,6,8,10-11,14-19H,1H3. The van der Waals surface area contributed by atoms with Crippen molar-refractivity contribution in [3.8, 4) is 46.6 Å². The van der Waals surface area contributed by atoms with Crippen molar-refractivity contribution in [3.63, 3.8) is 0 Å². The van der Waals surface area contributed by atoms with Gasteiger partial charge in [0.25, 0.3) is 0 Å². The largest absolute Gasteiger partial charge is 0.458 e. The highest BCUT2D eigenvalue weighted by atomic mass is 19.4. The second-order valence-corrected chi connectivity index (χ2v) is 9.72. The summed E-state index contributed by atoms with van der Waals surface area (Å²) in [4.78, 5) is 0. The Morgan fingerprint density at radius 3 is 1.76 bits per heavy atom. The Balaban J connectivity index is 1.41. The van der Waals surface area contributed by atoms with Crippen molar-refractivity contribution in [2.45, 2.75) is 13.1 Å². The fourth-order valence-corrected chi connectivity index (χ4v) is 4.35. The van der Waals surface area contributed by atoms with Crippen LogP contribution in [0.4, 0.5) is 39.5 Å². The zero-order chi connectivity index (χ0) is 32.5. The molecule has 0 amide bonds. The second-order valence-electron chi connectivity index (χ2n) is 9.72. The van der Waals surface area contributed by atoms with Crippen LogP contribution >= 0.6 is 0 Å². The van der Waals surface area contributed by atoms with Crippen molar-refractivity contribution < 1.29 is 39.5 Å². The number of rotatable bonds is 1. The van der Waals surface area contributed by atoms with Gasteiger partial charge in [-0.2, -0.15) is 13.2 Å². The maximum Gasteiger partial charge on any atom is 0.458 e. The molecule has 0 radical (unpaired) electrons. The molecule has 0 unspecified atom stereocenters. The summed E-state index contributed by atoms with van der Waals surface area (Å²) >= 11 is 0. The average Bonchev–Trinajstić information content (AvgIpc) is 2.95. The van der Waals surface area contributed by atoms with Crippen LogP contribution in [0.25, 0.3) is 21.9 Å². The number of fused-ring (bicyclic) bond motifs is 1. The Morgan fingerprint density at radius 1 is 0.533 bits per heavy atom. The monoisotopic (exact) mass is 618 g/mol. The van der Waals surface area contributed by atoms with Gasteiger partial charge in [-0.1, -0.05) is 47.8 Å². The van der Waals surface area contributed by atoms with Crippen molar-refractivity contribution in [2.75, 3.05) is 0 Å². The summed E-state index contributed by atoms with van der Waals surface area (Å²) in [5.41, 5.74) is -0.876. The summed E-state index contributed by atoms with van der Waals surface area (Å²) in [5, 5.41) is -0.480. The minimum Gasteiger partial charge on any atom is -0.206 e. The lowest BCUT2D eigenvalue weighted by atomic mass is 9.97. The topological polar surface area (TPSA) is 0 Å². The summed E-state index contributed by atoms with van der Waals surface area (Å²) in [6.45, 7) is 1.73. The predicted octanol–water partition coefficient (Wildman–Crippen LogP) is 9.36. The Hall–Kier alpha value is -5.59. The molecule has 5 rings (SSSR count). The van der Waals surface area contributed by atoms with Gasteiger partial charge in [0, 0.05) is 22.4 Å². The molecule has 0 aliphatic heterocycles. The zero-order valence-corrected chi connectivity index (χ0v) is 22.8. The van der Waals surface area contributed by atoms with E-state index in [2.05, 4.69) is 23.7 Å². The third kappa shape index (κ3) is 6.98. The lowest BCUT2D eigenvalue weighted by Gasteiger charge is -2.09. The van der Waals surface area contributed by atoms with E-state index in [0.717, 1.165) is 47.9 Å². The molecule has 0 saturated carbocycles. The van der Waals surface area contributed by atoms with Gasteiger partial charge >= 0.3 is 6.18 Å². The fourth-order valence-electron chi connectivity index (χ4n) is 4.35. The first kappa shape index (κ1) is 30.9. The van der Waals surface area contributed by atoms with E-state index < -0.39 is 52.2 Å². The van der Waals surface area contributed by atoms with E-state index in [1.54, 1.807) is 13.0 Å². The van der Waals surface area contributed by atoms with Crippen molar-refractivity contribution in [3.05, 3.63) is 141 Å². The van der Waals surface area contributed by atoms with Gasteiger partial charge in [-0.05, 0) is 78.0 Å². The molecule has 5 aromatic carbocycles. The summed E-state index contributed by atoms with van der Waals surface area (Å²) < 4.78 is 125. The predicted molar refractivity (Wildman–Crippen MR) is 152 cm³/mol. The molecule has 0 saturated heterocycles. The quantitative estimate of drug-likeness (QED) is 0.130. The molecule has 0 fully saturated rings. The summed E-state index contributed by atoms with van der Waals surface area (Å²) in [7, 11) is 0. The first-order valence-electron chi connectivity index (χ1n) is 12.9. The van der Waals surface area contributed by atoms with E-state index in [0.29, 0.717) is 6.07 Å². The molecule has 0 aromatic heterocycles. The minimum absolute atomic E-state index is 0.0927. The molecule has 0 spiro atoms. The fraction of sp³-hybridized carbons (Fsp3) is 0.0556. The van der Waals surface area contributed by atoms with Gasteiger partial charge < -0.3 is 0 Å². The third-order valence-corrected chi connectivity index (χ3v) is 6.47. The summed E-state index contributed by atoms with van der Waals surface area (Å²) in [6, 6.07) is 14.1. The second kappa shape index (κ2) is 12.2. The number of aryl methyl sites for hydroxylation is 1. The van der Waals surface area contributed by atoms with Gasteiger partial charge in [0.15, 0.2) is 0 Å². The number of hydrogen-bond acceptors (Lipinski definition) is 0. The first-order chi connectivity index (χ1) is 21.3. The molecule has 9 heteroatoms. The van der Waals surface area contributed by atoms with Crippen molar-refractivity contribution in [2.24, 2.45) is 0 Å². The smallest absolute Gasteiger partial charge is 0.206 e. The van der Waals surface area contributed by atoms with E-state index in [1.165, 1.54) is 30.2 Å². The van der Waals surface area contributed by atoms with Crippen LogP contribution in [0.3, 0.4) is 0 Å². The van der Waals surface area contributed by atoms with Gasteiger partial charge in [-0.3, -0.25) is 0 Å². The van der Waals surface area contributed by atoms with E-state index in [4.69, 9.17) is 0 Å². The average molecular weight is 618 g/mol. The van der Waals surface area contributed by atoms with Crippen LogP contribution in [-0.2, 0) is 0 Å². The molecule has 0 atom stereocenters. The number of benzene rings is 5. The number of alkyl halides is 3. The lowest BCUT2D eigenvalue weighted by molar-refractivity contribution is -0.0696. The van der Waals surface area contributed by atoms with Crippen molar-refractivity contribution in [1.29, 1.82) is 0 Å². The molecule has 0 N–H and O–H groups in total. The van der Waals surface area contributed by atoms with Crippen LogP contribution in [0.2, 0.25) is 0 Å². The minimum atomic E-state index is -4.97. The van der Waals surface area contributed by atoms with E-state index in [9.17, 15) is 30.7 Å². The summed E-state index contributed by atoms with van der Waals surface area (Å²) in [5.74, 6) is 6.32. The third-order valence-electron chi connectivity index (χ3n) is 6.47. The first-order valence-corrected chi connectivity index (χ1v) is 12.9. The Kier molecular flexibility index (Phi) is 8.36. The van der Waals surface area contributed by atoms with Gasteiger partial charge in [-0.15, -0.1) is 0 Å². The number of hydrogen-bond donors (Lipinski definition) is 0. The van der Waals surface area contributed by atoms with Crippen molar-refractivity contribution in [1.82, 2.24) is 0 Å². The SMILES string of the molecule is Cc1ccc(C#Cc2ccc(C#Cc3cc(F)c(-c4ccc5c(F)c(C#CC(F)(F)F)c(F)cc5c4)c(F)c3)c(F)c2)c(F)c1. The molecule has 45 heavy (non-hydrogen) atoms. The Bertz CT molecular complexity index is 2170. The molecule has 222 valence electrons.